The molecule has 0 amide bonds. The van der Waals surface area contributed by atoms with E-state index < -0.39 is 0 Å². The molecule has 2 nitrogen and oxygen atoms in total. The summed E-state index contributed by atoms with van der Waals surface area (Å²) in [5.74, 6) is 2.35. The zero-order chi connectivity index (χ0) is 5.11. The van der Waals surface area contributed by atoms with Crippen molar-refractivity contribution in [2.45, 2.75) is 0 Å². The van der Waals surface area contributed by atoms with Gasteiger partial charge in [0.25, 0.3) is 0 Å². The van der Waals surface area contributed by atoms with Crippen LogP contribution in [0.1, 0.15) is 5.01 Å². The van der Waals surface area contributed by atoms with Crippen molar-refractivity contribution < 1.29 is 0 Å². The van der Waals surface area contributed by atoms with Crippen LogP contribution in [0.2, 0.25) is 0 Å². The fourth-order valence-corrected chi connectivity index (χ4v) is 0.592. The van der Waals surface area contributed by atoms with Gasteiger partial charge in [0.05, 0.1) is 0 Å². The van der Waals surface area contributed by atoms with Gasteiger partial charge in [-0.05, 0) is 5.92 Å². The van der Waals surface area contributed by atoms with Crippen molar-refractivity contribution in [1.82, 2.24) is 10.2 Å². The van der Waals surface area contributed by atoms with Gasteiger partial charge >= 0.3 is 0 Å². The average molecular weight is 110 g/mol. The molecule has 0 aliphatic heterocycles. The quantitative estimate of drug-likeness (QED) is 0.455. The number of hydrogen-bond acceptors (Lipinski definition) is 3. The number of terminal acetylenes is 1. The van der Waals surface area contributed by atoms with Gasteiger partial charge in [0.2, 0.25) is 0 Å². The monoisotopic (exact) mass is 110 g/mol. The standard InChI is InChI=1S/C4H2N2S/c1-2-4-6-5-3-7-4/h1,3H. The van der Waals surface area contributed by atoms with Gasteiger partial charge in [-0.3, -0.25) is 0 Å². The predicted octanol–water partition coefficient (Wildman–Crippen LogP) is 0.519. The van der Waals surface area contributed by atoms with Crippen molar-refractivity contribution >= 4 is 11.3 Å². The molecule has 0 fully saturated rings. The Labute approximate surface area is 45.2 Å². The van der Waals surface area contributed by atoms with Gasteiger partial charge in [-0.1, -0.05) is 11.3 Å². The molecule has 1 rings (SSSR count). The molecular formula is C4H2N2S. The third-order valence-electron chi connectivity index (χ3n) is 0.484. The van der Waals surface area contributed by atoms with E-state index in [1.54, 1.807) is 5.51 Å². The minimum atomic E-state index is 0.639. The highest BCUT2D eigenvalue weighted by atomic mass is 32.1. The summed E-state index contributed by atoms with van der Waals surface area (Å²) >= 11 is 1.36. The normalized spacial score (nSPS) is 7.86. The second kappa shape index (κ2) is 1.71. The van der Waals surface area contributed by atoms with Crippen LogP contribution in [0.3, 0.4) is 0 Å². The SMILES string of the molecule is C#Cc1nncs1. The molecule has 0 unspecified atom stereocenters. The third-order valence-corrected chi connectivity index (χ3v) is 1.11. The summed E-state index contributed by atoms with van der Waals surface area (Å²) in [6.07, 6.45) is 4.95. The summed E-state index contributed by atoms with van der Waals surface area (Å²) in [7, 11) is 0. The summed E-state index contributed by atoms with van der Waals surface area (Å²) in [6, 6.07) is 0. The molecular weight excluding hydrogens is 108 g/mol. The summed E-state index contributed by atoms with van der Waals surface area (Å²) in [5.41, 5.74) is 1.61. The Balaban J connectivity index is 3.04. The number of hydrogen-bond donors (Lipinski definition) is 0. The first-order chi connectivity index (χ1) is 3.43. The number of aromatic nitrogens is 2. The van der Waals surface area contributed by atoms with E-state index in [4.69, 9.17) is 6.42 Å². The second-order valence-electron chi connectivity index (χ2n) is 0.888. The lowest BCUT2D eigenvalue weighted by molar-refractivity contribution is 1.08. The van der Waals surface area contributed by atoms with Gasteiger partial charge in [-0.15, -0.1) is 16.6 Å². The molecule has 1 aromatic heterocycles. The largest absolute Gasteiger partial charge is 0.190 e. The average Bonchev–Trinajstić information content (AvgIpc) is 2.14. The molecule has 0 bridgehead atoms. The Morgan fingerprint density at radius 1 is 1.86 bits per heavy atom. The predicted molar refractivity (Wildman–Crippen MR) is 27.8 cm³/mol. The fraction of sp³-hybridized carbons (Fsp3) is 0. The summed E-state index contributed by atoms with van der Waals surface area (Å²) < 4.78 is 0. The molecule has 0 radical (unpaired) electrons. The number of rotatable bonds is 0. The molecule has 7 heavy (non-hydrogen) atoms. The summed E-state index contributed by atoms with van der Waals surface area (Å²) in [5, 5.41) is 7.73. The maximum Gasteiger partial charge on any atom is 0.190 e. The second-order valence-corrected chi connectivity index (χ2v) is 1.72. The maximum atomic E-state index is 4.95. The lowest BCUT2D eigenvalue weighted by atomic mass is 10.8. The van der Waals surface area contributed by atoms with Gasteiger partial charge in [-0.25, -0.2) is 0 Å². The van der Waals surface area contributed by atoms with Gasteiger partial charge in [-0.2, -0.15) is 0 Å². The van der Waals surface area contributed by atoms with Crippen molar-refractivity contribution in [1.29, 1.82) is 0 Å². The van der Waals surface area contributed by atoms with Crippen molar-refractivity contribution in [2.75, 3.05) is 0 Å². The first-order valence-corrected chi connectivity index (χ1v) is 2.54. The highest BCUT2D eigenvalue weighted by Crippen LogP contribution is 1.95. The van der Waals surface area contributed by atoms with E-state index in [-0.39, 0.29) is 0 Å². The smallest absolute Gasteiger partial charge is 0.146 e. The van der Waals surface area contributed by atoms with Crippen LogP contribution in [0.5, 0.6) is 0 Å². The summed E-state index contributed by atoms with van der Waals surface area (Å²) in [6.45, 7) is 0. The molecule has 34 valence electrons. The highest BCUT2D eigenvalue weighted by Gasteiger charge is 1.83. The molecule has 0 saturated carbocycles. The van der Waals surface area contributed by atoms with E-state index in [1.165, 1.54) is 11.3 Å². The Bertz CT molecular complexity index is 172. The van der Waals surface area contributed by atoms with E-state index in [9.17, 15) is 0 Å². The topological polar surface area (TPSA) is 25.8 Å². The lowest BCUT2D eigenvalue weighted by Crippen LogP contribution is -1.67. The highest BCUT2D eigenvalue weighted by molar-refractivity contribution is 7.09. The fourth-order valence-electron chi connectivity index (χ4n) is 0.236. The minimum Gasteiger partial charge on any atom is -0.146 e. The van der Waals surface area contributed by atoms with Crippen LogP contribution in [0.25, 0.3) is 0 Å². The summed E-state index contributed by atoms with van der Waals surface area (Å²) in [4.78, 5) is 0. The molecule has 0 aliphatic rings. The molecule has 0 atom stereocenters. The molecule has 1 heterocycles. The molecule has 3 heteroatoms. The Morgan fingerprint density at radius 2 is 2.71 bits per heavy atom. The van der Waals surface area contributed by atoms with Crippen LogP contribution in [-0.4, -0.2) is 10.2 Å². The van der Waals surface area contributed by atoms with Crippen molar-refractivity contribution in [2.24, 2.45) is 0 Å². The van der Waals surface area contributed by atoms with Gasteiger partial charge in [0.1, 0.15) is 5.51 Å². The molecule has 0 N–H and O–H groups in total. The van der Waals surface area contributed by atoms with Crippen LogP contribution >= 0.6 is 11.3 Å². The zero-order valence-corrected chi connectivity index (χ0v) is 4.27. The first kappa shape index (κ1) is 4.28. The Kier molecular flexibility index (Phi) is 1.05. The van der Waals surface area contributed by atoms with E-state index in [1.807, 2.05) is 0 Å². The van der Waals surface area contributed by atoms with E-state index in [2.05, 4.69) is 16.1 Å². The van der Waals surface area contributed by atoms with Crippen LogP contribution < -0.4 is 0 Å². The van der Waals surface area contributed by atoms with E-state index >= 15 is 0 Å². The van der Waals surface area contributed by atoms with Crippen molar-refractivity contribution in [3.05, 3.63) is 10.5 Å². The van der Waals surface area contributed by atoms with Crippen molar-refractivity contribution in [3.63, 3.8) is 0 Å². The third kappa shape index (κ3) is 0.756. The van der Waals surface area contributed by atoms with Gasteiger partial charge in [0, 0.05) is 0 Å². The zero-order valence-electron chi connectivity index (χ0n) is 3.46. The number of nitrogens with zero attached hydrogens (tertiary/aromatic N) is 2. The molecule has 0 saturated heterocycles. The molecule has 0 aromatic carbocycles. The first-order valence-electron chi connectivity index (χ1n) is 1.66. The van der Waals surface area contributed by atoms with Crippen LogP contribution in [0.15, 0.2) is 5.51 Å². The lowest BCUT2D eigenvalue weighted by Gasteiger charge is -1.62. The van der Waals surface area contributed by atoms with Crippen LogP contribution in [0.4, 0.5) is 0 Å². The minimum absolute atomic E-state index is 0.639. The molecule has 0 spiro atoms. The van der Waals surface area contributed by atoms with Crippen LogP contribution in [0, 0.1) is 12.3 Å². The van der Waals surface area contributed by atoms with Gasteiger partial charge < -0.3 is 0 Å². The Hall–Kier alpha value is -0.880. The maximum absolute atomic E-state index is 4.95. The van der Waals surface area contributed by atoms with E-state index in [0.717, 1.165) is 0 Å². The van der Waals surface area contributed by atoms with Gasteiger partial charge in [0.15, 0.2) is 5.01 Å². The molecule has 1 aromatic rings. The van der Waals surface area contributed by atoms with E-state index in [0.29, 0.717) is 5.01 Å². The Morgan fingerprint density at radius 3 is 3.00 bits per heavy atom. The molecule has 0 aliphatic carbocycles. The van der Waals surface area contributed by atoms with Crippen molar-refractivity contribution in [3.8, 4) is 12.3 Å². The van der Waals surface area contributed by atoms with Crippen LogP contribution in [-0.2, 0) is 0 Å².